The molecule has 31 heavy (non-hydrogen) atoms. The molecule has 0 spiro atoms. The van der Waals surface area contributed by atoms with E-state index < -0.39 is 18.5 Å². The first-order valence-electron chi connectivity index (χ1n) is 10.5. The van der Waals surface area contributed by atoms with Crippen LogP contribution in [0.15, 0.2) is 51.9 Å². The van der Waals surface area contributed by atoms with Gasteiger partial charge < -0.3 is 14.5 Å². The molecule has 0 aliphatic heterocycles. The molecule has 0 aliphatic rings. The largest absolute Gasteiger partial charge is 0.467 e. The Morgan fingerprint density at radius 1 is 1.13 bits per heavy atom. The second kappa shape index (κ2) is 10.6. The Labute approximate surface area is 180 Å². The summed E-state index contributed by atoms with van der Waals surface area (Å²) in [6.45, 7) is 3.84. The molecule has 2 heterocycles. The highest BCUT2D eigenvalue weighted by molar-refractivity contribution is 6.02. The lowest BCUT2D eigenvalue weighted by atomic mass is 10.1. The van der Waals surface area contributed by atoms with E-state index >= 15 is 0 Å². The number of ether oxygens (including phenoxy) is 1. The van der Waals surface area contributed by atoms with Gasteiger partial charge in [0.2, 0.25) is 0 Å². The maximum absolute atomic E-state index is 12.7. The summed E-state index contributed by atoms with van der Waals surface area (Å²) in [7, 11) is 0. The predicted octanol–water partition coefficient (Wildman–Crippen LogP) is 3.60. The van der Waals surface area contributed by atoms with Crippen molar-refractivity contribution in [2.75, 3.05) is 6.61 Å². The van der Waals surface area contributed by atoms with Crippen molar-refractivity contribution in [2.24, 2.45) is 0 Å². The highest BCUT2D eigenvalue weighted by Crippen LogP contribution is 2.15. The first-order chi connectivity index (χ1) is 15.0. The number of hydrogen-bond acceptors (Lipinski definition) is 6. The zero-order chi connectivity index (χ0) is 22.2. The van der Waals surface area contributed by atoms with E-state index in [2.05, 4.69) is 17.3 Å². The average molecular weight is 425 g/mol. The Balaban J connectivity index is 1.72. The molecule has 0 saturated heterocycles. The lowest BCUT2D eigenvalue weighted by Gasteiger charge is -2.13. The van der Waals surface area contributed by atoms with E-state index in [1.165, 1.54) is 10.9 Å². The third-order valence-corrected chi connectivity index (χ3v) is 4.97. The van der Waals surface area contributed by atoms with Crippen molar-refractivity contribution in [3.63, 3.8) is 0 Å². The highest BCUT2D eigenvalue weighted by Gasteiger charge is 2.20. The number of fused-ring (bicyclic) bond motifs is 1. The maximum atomic E-state index is 12.7. The molecule has 1 N–H and O–H groups in total. The van der Waals surface area contributed by atoms with Gasteiger partial charge in [0.25, 0.3) is 11.5 Å². The van der Waals surface area contributed by atoms with Crippen molar-refractivity contribution in [1.82, 2.24) is 15.1 Å². The molecule has 0 saturated carbocycles. The summed E-state index contributed by atoms with van der Waals surface area (Å²) in [4.78, 5) is 37.6. The lowest BCUT2D eigenvalue weighted by molar-refractivity contribution is -0.125. The van der Waals surface area contributed by atoms with Crippen molar-refractivity contribution in [3.05, 3.63) is 64.5 Å². The summed E-state index contributed by atoms with van der Waals surface area (Å²) in [6.07, 6.45) is 5.44. The van der Waals surface area contributed by atoms with Crippen LogP contribution in [0.4, 0.5) is 0 Å². The Morgan fingerprint density at radius 2 is 1.90 bits per heavy atom. The second-order valence-corrected chi connectivity index (χ2v) is 7.36. The first kappa shape index (κ1) is 22.3. The van der Waals surface area contributed by atoms with Gasteiger partial charge >= 0.3 is 5.97 Å². The van der Waals surface area contributed by atoms with Gasteiger partial charge in [-0.05, 0) is 31.5 Å². The Hall–Kier alpha value is -3.42. The fourth-order valence-corrected chi connectivity index (χ4v) is 3.32. The molecule has 2 aromatic heterocycles. The van der Waals surface area contributed by atoms with Gasteiger partial charge in [0.1, 0.15) is 5.76 Å². The number of amides is 1. The Kier molecular flexibility index (Phi) is 7.59. The van der Waals surface area contributed by atoms with E-state index in [1.807, 2.05) is 0 Å². The van der Waals surface area contributed by atoms with Gasteiger partial charge in [0.15, 0.2) is 12.3 Å². The molecule has 8 heteroatoms. The van der Waals surface area contributed by atoms with Crippen LogP contribution in [0.2, 0.25) is 0 Å². The molecule has 164 valence electrons. The molecule has 1 atom stereocenters. The third-order valence-electron chi connectivity index (χ3n) is 4.97. The number of unbranched alkanes of at least 4 members (excludes halogenated alkanes) is 3. The Morgan fingerprint density at radius 3 is 2.61 bits per heavy atom. The number of hydrogen-bond donors (Lipinski definition) is 1. The number of nitrogens with zero attached hydrogens (tertiary/aromatic N) is 2. The zero-order valence-electron chi connectivity index (χ0n) is 17.8. The predicted molar refractivity (Wildman–Crippen MR) is 116 cm³/mol. The van der Waals surface area contributed by atoms with Crippen molar-refractivity contribution >= 4 is 22.6 Å². The zero-order valence-corrected chi connectivity index (χ0v) is 17.8. The molecule has 3 rings (SSSR count). The number of nitrogens with one attached hydrogen (secondary N) is 1. The van der Waals surface area contributed by atoms with Crippen LogP contribution in [0.5, 0.6) is 0 Å². The average Bonchev–Trinajstić information content (AvgIpc) is 3.32. The number of esters is 1. The Bertz CT molecular complexity index is 1090. The molecule has 0 aliphatic carbocycles. The van der Waals surface area contributed by atoms with E-state index in [-0.39, 0.29) is 17.3 Å². The van der Waals surface area contributed by atoms with Crippen molar-refractivity contribution < 1.29 is 18.7 Å². The molecule has 0 bridgehead atoms. The van der Waals surface area contributed by atoms with Gasteiger partial charge in [-0.1, -0.05) is 44.4 Å². The van der Waals surface area contributed by atoms with Crippen LogP contribution in [0.1, 0.15) is 61.8 Å². The molecule has 1 amide bonds. The van der Waals surface area contributed by atoms with E-state index in [4.69, 9.17) is 9.15 Å². The summed E-state index contributed by atoms with van der Waals surface area (Å²) in [5.41, 5.74) is -0.216. The summed E-state index contributed by atoms with van der Waals surface area (Å²) >= 11 is 0. The van der Waals surface area contributed by atoms with Gasteiger partial charge in [-0.2, -0.15) is 5.10 Å². The van der Waals surface area contributed by atoms with E-state index in [0.29, 0.717) is 23.1 Å². The topological polar surface area (TPSA) is 103 Å². The van der Waals surface area contributed by atoms with Crippen LogP contribution in [0, 0.1) is 0 Å². The SMILES string of the molecule is CCCCCCn1nc(C(=O)OCC(=O)N[C@@H](C)c2ccco2)c2ccccc2c1=O. The second-order valence-electron chi connectivity index (χ2n) is 7.36. The molecule has 0 unspecified atom stereocenters. The minimum atomic E-state index is -0.751. The molecule has 1 aromatic carbocycles. The standard InChI is InChI=1S/C23H27N3O5/c1-3-4-5-8-13-26-22(28)18-11-7-6-10-17(18)21(25-26)23(29)31-15-20(27)24-16(2)19-12-9-14-30-19/h6-7,9-12,14,16H,3-5,8,13,15H2,1-2H3,(H,24,27)/t16-/m0/s1. The monoisotopic (exact) mass is 425 g/mol. The van der Waals surface area contributed by atoms with E-state index in [0.717, 1.165) is 25.7 Å². The van der Waals surface area contributed by atoms with Gasteiger partial charge in [-0.15, -0.1) is 0 Å². The fraction of sp³-hybridized carbons (Fsp3) is 0.391. The van der Waals surface area contributed by atoms with Gasteiger partial charge in [0, 0.05) is 11.9 Å². The van der Waals surface area contributed by atoms with Crippen molar-refractivity contribution in [1.29, 1.82) is 0 Å². The smallest absolute Gasteiger partial charge is 0.359 e. The molecular formula is C23H27N3O5. The maximum Gasteiger partial charge on any atom is 0.359 e. The van der Waals surface area contributed by atoms with Gasteiger partial charge in [-0.25, -0.2) is 9.48 Å². The van der Waals surface area contributed by atoms with Crippen LogP contribution in [-0.4, -0.2) is 28.3 Å². The fourth-order valence-electron chi connectivity index (χ4n) is 3.32. The molecule has 8 nitrogen and oxygen atoms in total. The molecule has 0 radical (unpaired) electrons. The number of carbonyl (C=O) groups is 2. The number of rotatable bonds is 10. The number of furan rings is 1. The summed E-state index contributed by atoms with van der Waals surface area (Å²) in [5.74, 6) is -0.615. The van der Waals surface area contributed by atoms with Crippen molar-refractivity contribution in [3.8, 4) is 0 Å². The van der Waals surface area contributed by atoms with Crippen LogP contribution in [0.25, 0.3) is 10.8 Å². The number of aromatic nitrogens is 2. The van der Waals surface area contributed by atoms with Crippen LogP contribution >= 0.6 is 0 Å². The molecule has 0 fully saturated rings. The third kappa shape index (κ3) is 5.59. The normalized spacial score (nSPS) is 11.9. The summed E-state index contributed by atoms with van der Waals surface area (Å²) in [5, 5.41) is 7.77. The minimum Gasteiger partial charge on any atom is -0.467 e. The van der Waals surface area contributed by atoms with Crippen LogP contribution in [-0.2, 0) is 16.1 Å². The van der Waals surface area contributed by atoms with E-state index in [9.17, 15) is 14.4 Å². The van der Waals surface area contributed by atoms with Crippen LogP contribution in [0.3, 0.4) is 0 Å². The van der Waals surface area contributed by atoms with Gasteiger partial charge in [0.05, 0.1) is 17.7 Å². The summed E-state index contributed by atoms with van der Waals surface area (Å²) in [6, 6.07) is 9.90. The van der Waals surface area contributed by atoms with Gasteiger partial charge in [-0.3, -0.25) is 9.59 Å². The summed E-state index contributed by atoms with van der Waals surface area (Å²) < 4.78 is 11.8. The number of benzene rings is 1. The van der Waals surface area contributed by atoms with E-state index in [1.54, 1.807) is 43.3 Å². The highest BCUT2D eigenvalue weighted by atomic mass is 16.5. The molecular weight excluding hydrogens is 398 g/mol. The minimum absolute atomic E-state index is 0.0255. The number of aryl methyl sites for hydroxylation is 1. The van der Waals surface area contributed by atoms with Crippen LogP contribution < -0.4 is 10.9 Å². The number of carbonyl (C=O) groups excluding carboxylic acids is 2. The lowest BCUT2D eigenvalue weighted by Crippen LogP contribution is -2.32. The van der Waals surface area contributed by atoms with Crippen molar-refractivity contribution in [2.45, 2.75) is 52.1 Å². The molecule has 3 aromatic rings. The quantitative estimate of drug-likeness (QED) is 0.393. The first-order valence-corrected chi connectivity index (χ1v) is 10.5.